The molecule has 0 saturated heterocycles. The van der Waals surface area contributed by atoms with Crippen LogP contribution in [0.15, 0.2) is 71.8 Å². The van der Waals surface area contributed by atoms with E-state index in [1.165, 1.54) is 5.56 Å². The lowest BCUT2D eigenvalue weighted by Gasteiger charge is -2.18. The Morgan fingerprint density at radius 1 is 1.04 bits per heavy atom. The van der Waals surface area contributed by atoms with Gasteiger partial charge in [0, 0.05) is 12.2 Å². The van der Waals surface area contributed by atoms with Crippen molar-refractivity contribution in [2.24, 2.45) is 0 Å². The Bertz CT molecular complexity index is 1050. The maximum absolute atomic E-state index is 12.6. The minimum absolute atomic E-state index is 0.247. The van der Waals surface area contributed by atoms with Crippen LogP contribution in [0.25, 0.3) is 0 Å². The van der Waals surface area contributed by atoms with Crippen LogP contribution < -0.4 is 9.62 Å². The van der Waals surface area contributed by atoms with Crippen LogP contribution in [0.1, 0.15) is 18.1 Å². The Morgan fingerprint density at radius 2 is 1.81 bits per heavy atom. The molecule has 4 rings (SSSR count). The van der Waals surface area contributed by atoms with Gasteiger partial charge in [-0.15, -0.1) is 0 Å². The monoisotopic (exact) mass is 379 g/mol. The number of anilines is 3. The maximum Gasteiger partial charge on any atom is 0.261 e. The number of hydrogen-bond acceptors (Lipinski definition) is 4. The van der Waals surface area contributed by atoms with Gasteiger partial charge in [-0.25, -0.2) is 13.4 Å². The summed E-state index contributed by atoms with van der Waals surface area (Å²) in [6, 6.07) is 18.8. The van der Waals surface area contributed by atoms with Crippen molar-refractivity contribution in [2.45, 2.75) is 24.7 Å². The number of pyridine rings is 1. The minimum atomic E-state index is -3.62. The fraction of sp³-hybridized carbons (Fsp3) is 0.190. The highest BCUT2D eigenvalue weighted by Gasteiger charge is 2.21. The highest BCUT2D eigenvalue weighted by Crippen LogP contribution is 2.33. The van der Waals surface area contributed by atoms with Crippen molar-refractivity contribution >= 4 is 27.2 Å². The average Bonchev–Trinajstić information content (AvgIpc) is 3.12. The molecule has 0 aliphatic carbocycles. The summed E-state index contributed by atoms with van der Waals surface area (Å²) in [6.45, 7) is 2.91. The van der Waals surface area contributed by atoms with Crippen molar-refractivity contribution in [3.05, 3.63) is 78.0 Å². The lowest BCUT2D eigenvalue weighted by molar-refractivity contribution is 0.601. The van der Waals surface area contributed by atoms with Crippen LogP contribution >= 0.6 is 0 Å². The molecule has 0 radical (unpaired) electrons. The second-order valence-electron chi connectivity index (χ2n) is 6.54. The molecule has 0 amide bonds. The summed E-state index contributed by atoms with van der Waals surface area (Å²) in [7, 11) is -3.62. The van der Waals surface area contributed by atoms with Gasteiger partial charge in [0.05, 0.1) is 16.8 Å². The first-order valence-corrected chi connectivity index (χ1v) is 10.5. The summed E-state index contributed by atoms with van der Waals surface area (Å²) >= 11 is 0. The molecule has 2 heterocycles. The third-order valence-corrected chi connectivity index (χ3v) is 6.20. The van der Waals surface area contributed by atoms with E-state index < -0.39 is 10.0 Å². The first-order valence-electron chi connectivity index (χ1n) is 9.00. The van der Waals surface area contributed by atoms with Crippen LogP contribution in [-0.4, -0.2) is 19.9 Å². The third-order valence-electron chi connectivity index (χ3n) is 4.81. The topological polar surface area (TPSA) is 62.3 Å². The number of nitrogens with zero attached hydrogens (tertiary/aromatic N) is 2. The fourth-order valence-electron chi connectivity index (χ4n) is 3.30. The summed E-state index contributed by atoms with van der Waals surface area (Å²) in [5.74, 6) is 0.815. The summed E-state index contributed by atoms with van der Waals surface area (Å²) in [6.07, 6.45) is 3.42. The highest BCUT2D eigenvalue weighted by atomic mass is 32.2. The van der Waals surface area contributed by atoms with Crippen molar-refractivity contribution in [1.82, 2.24) is 4.98 Å². The molecular formula is C21H21N3O2S. The van der Waals surface area contributed by atoms with E-state index >= 15 is 0 Å². The second kappa shape index (κ2) is 7.04. The number of fused-ring (bicyclic) bond motifs is 1. The third kappa shape index (κ3) is 3.53. The van der Waals surface area contributed by atoms with Crippen LogP contribution in [0, 0.1) is 0 Å². The average molecular weight is 379 g/mol. The molecule has 138 valence electrons. The molecule has 6 heteroatoms. The van der Waals surface area contributed by atoms with Gasteiger partial charge in [0.2, 0.25) is 0 Å². The van der Waals surface area contributed by atoms with E-state index in [0.29, 0.717) is 5.69 Å². The number of para-hydroxylation sites is 1. The van der Waals surface area contributed by atoms with E-state index in [1.54, 1.807) is 24.4 Å². The molecule has 27 heavy (non-hydrogen) atoms. The van der Waals surface area contributed by atoms with Gasteiger partial charge in [0.25, 0.3) is 10.0 Å². The van der Waals surface area contributed by atoms with Crippen molar-refractivity contribution < 1.29 is 8.42 Å². The Balaban J connectivity index is 1.52. The quantitative estimate of drug-likeness (QED) is 0.724. The van der Waals surface area contributed by atoms with E-state index in [4.69, 9.17) is 0 Å². The molecule has 1 aromatic heterocycles. The molecule has 1 aliphatic rings. The molecule has 0 bridgehead atoms. The van der Waals surface area contributed by atoms with Crippen LogP contribution in [0.2, 0.25) is 0 Å². The Morgan fingerprint density at radius 3 is 2.52 bits per heavy atom. The molecule has 0 atom stereocenters. The number of sulfonamides is 1. The SMILES string of the molecule is CCc1ccc(S(=O)(=O)Nc2ccc(N3CCc4ccccc43)nc2)cc1. The molecule has 1 aliphatic heterocycles. The lowest BCUT2D eigenvalue weighted by atomic mass is 10.2. The first-order chi connectivity index (χ1) is 13.1. The largest absolute Gasteiger partial charge is 0.326 e. The lowest BCUT2D eigenvalue weighted by Crippen LogP contribution is -2.16. The fourth-order valence-corrected chi connectivity index (χ4v) is 4.34. The zero-order chi connectivity index (χ0) is 18.9. The van der Waals surface area contributed by atoms with Gasteiger partial charge in [0.1, 0.15) is 5.82 Å². The molecule has 0 saturated carbocycles. The predicted octanol–water partition coefficient (Wildman–Crippen LogP) is 4.14. The Labute approximate surface area is 159 Å². The van der Waals surface area contributed by atoms with Gasteiger partial charge in [0.15, 0.2) is 0 Å². The number of rotatable bonds is 5. The molecule has 5 nitrogen and oxygen atoms in total. The van der Waals surface area contributed by atoms with Crippen molar-refractivity contribution in [2.75, 3.05) is 16.2 Å². The summed E-state index contributed by atoms with van der Waals surface area (Å²) in [5, 5.41) is 0. The van der Waals surface area contributed by atoms with Gasteiger partial charge in [-0.05, 0) is 54.3 Å². The molecule has 0 unspecified atom stereocenters. The maximum atomic E-state index is 12.6. The summed E-state index contributed by atoms with van der Waals surface area (Å²) in [4.78, 5) is 6.86. The molecule has 1 N–H and O–H groups in total. The number of aryl methyl sites for hydroxylation is 1. The van der Waals surface area contributed by atoms with E-state index in [1.807, 2.05) is 37.3 Å². The van der Waals surface area contributed by atoms with Gasteiger partial charge < -0.3 is 4.90 Å². The van der Waals surface area contributed by atoms with Crippen LogP contribution in [0.3, 0.4) is 0 Å². The highest BCUT2D eigenvalue weighted by molar-refractivity contribution is 7.92. The summed E-state index contributed by atoms with van der Waals surface area (Å²) in [5.41, 5.74) is 4.02. The van der Waals surface area contributed by atoms with Crippen molar-refractivity contribution in [3.63, 3.8) is 0 Å². The smallest absolute Gasteiger partial charge is 0.261 e. The van der Waals surface area contributed by atoms with Gasteiger partial charge >= 0.3 is 0 Å². The van der Waals surface area contributed by atoms with Gasteiger partial charge in [-0.2, -0.15) is 0 Å². The van der Waals surface area contributed by atoms with E-state index in [0.717, 1.165) is 36.5 Å². The van der Waals surface area contributed by atoms with Gasteiger partial charge in [-0.3, -0.25) is 4.72 Å². The second-order valence-corrected chi connectivity index (χ2v) is 8.22. The number of benzene rings is 2. The predicted molar refractivity (Wildman–Crippen MR) is 108 cm³/mol. The molecular weight excluding hydrogens is 358 g/mol. The molecule has 0 spiro atoms. The van der Waals surface area contributed by atoms with Gasteiger partial charge in [-0.1, -0.05) is 37.3 Å². The Hall–Kier alpha value is -2.86. The normalized spacial score (nSPS) is 13.4. The van der Waals surface area contributed by atoms with Crippen LogP contribution in [0.4, 0.5) is 17.2 Å². The van der Waals surface area contributed by atoms with E-state index in [9.17, 15) is 8.42 Å². The summed E-state index contributed by atoms with van der Waals surface area (Å²) < 4.78 is 27.7. The van der Waals surface area contributed by atoms with Crippen LogP contribution in [-0.2, 0) is 22.9 Å². The van der Waals surface area contributed by atoms with Crippen molar-refractivity contribution in [1.29, 1.82) is 0 Å². The minimum Gasteiger partial charge on any atom is -0.326 e. The Kier molecular flexibility index (Phi) is 4.58. The first kappa shape index (κ1) is 17.5. The van der Waals surface area contributed by atoms with E-state index in [-0.39, 0.29) is 4.90 Å². The molecule has 2 aromatic carbocycles. The van der Waals surface area contributed by atoms with E-state index in [2.05, 4.69) is 26.7 Å². The van der Waals surface area contributed by atoms with Crippen LogP contribution in [0.5, 0.6) is 0 Å². The zero-order valence-electron chi connectivity index (χ0n) is 15.1. The molecule has 0 fully saturated rings. The zero-order valence-corrected chi connectivity index (χ0v) is 15.9. The number of aromatic nitrogens is 1. The standard InChI is InChI=1S/C21H21N3O2S/c1-2-16-7-10-19(11-8-16)27(25,26)23-18-9-12-21(22-15-18)24-14-13-17-5-3-4-6-20(17)24/h3-12,15,23H,2,13-14H2,1H3. The molecule has 3 aromatic rings. The van der Waals surface area contributed by atoms with Crippen molar-refractivity contribution in [3.8, 4) is 0 Å². The number of nitrogens with one attached hydrogen (secondary N) is 1. The number of hydrogen-bond donors (Lipinski definition) is 1.